The van der Waals surface area contributed by atoms with Gasteiger partial charge in [-0.05, 0) is 25.5 Å². The highest BCUT2D eigenvalue weighted by Gasteiger charge is 2.20. The summed E-state index contributed by atoms with van der Waals surface area (Å²) in [6.07, 6.45) is 0.879. The van der Waals surface area contributed by atoms with E-state index in [1.54, 1.807) is 26.2 Å². The topological polar surface area (TPSA) is 84.1 Å². The van der Waals surface area contributed by atoms with Crippen molar-refractivity contribution in [3.05, 3.63) is 17.8 Å². The molecule has 18 heavy (non-hydrogen) atoms. The summed E-state index contributed by atoms with van der Waals surface area (Å²) in [5, 5.41) is 11.1. The van der Waals surface area contributed by atoms with Crippen LogP contribution in [0.2, 0.25) is 0 Å². The molecule has 0 saturated heterocycles. The molecule has 0 aliphatic heterocycles. The zero-order valence-corrected chi connectivity index (χ0v) is 11.4. The fourth-order valence-electron chi connectivity index (χ4n) is 1.34. The van der Waals surface area contributed by atoms with E-state index in [2.05, 4.69) is 22.4 Å². The summed E-state index contributed by atoms with van der Waals surface area (Å²) in [6.45, 7) is 4.58. The molecule has 1 unspecified atom stereocenters. The Morgan fingerprint density at radius 1 is 1.44 bits per heavy atom. The van der Waals surface area contributed by atoms with Crippen LogP contribution in [0.3, 0.4) is 0 Å². The number of nitrogens with one attached hydrogen (secondary N) is 1. The van der Waals surface area contributed by atoms with Gasteiger partial charge in [-0.2, -0.15) is 0 Å². The number of carbonyl (C=O) groups excluding carboxylic acids is 1. The third-order valence-corrected chi connectivity index (χ3v) is 2.95. The van der Waals surface area contributed by atoms with Crippen LogP contribution >= 0.6 is 0 Å². The summed E-state index contributed by atoms with van der Waals surface area (Å²) in [6, 6.07) is 3.40. The first-order valence-corrected chi connectivity index (χ1v) is 5.95. The van der Waals surface area contributed by atoms with Crippen LogP contribution in [0.1, 0.15) is 30.8 Å². The van der Waals surface area contributed by atoms with Crippen molar-refractivity contribution >= 4 is 11.7 Å². The van der Waals surface area contributed by atoms with Crippen LogP contribution in [-0.2, 0) is 0 Å². The highest BCUT2D eigenvalue weighted by atomic mass is 16.2. The molecule has 1 heterocycles. The van der Waals surface area contributed by atoms with Gasteiger partial charge in [0.05, 0.1) is 0 Å². The van der Waals surface area contributed by atoms with Gasteiger partial charge in [0.15, 0.2) is 5.69 Å². The van der Waals surface area contributed by atoms with Gasteiger partial charge < -0.3 is 16.0 Å². The van der Waals surface area contributed by atoms with E-state index in [4.69, 9.17) is 5.73 Å². The summed E-state index contributed by atoms with van der Waals surface area (Å²) in [5.74, 6) is 0.464. The molecule has 1 atom stereocenters. The second-order valence-corrected chi connectivity index (χ2v) is 4.75. The van der Waals surface area contributed by atoms with Gasteiger partial charge >= 0.3 is 0 Å². The summed E-state index contributed by atoms with van der Waals surface area (Å²) < 4.78 is 0. The molecule has 0 radical (unpaired) electrons. The lowest BCUT2D eigenvalue weighted by atomic mass is 9.99. The largest absolute Gasteiger partial charge is 0.362 e. The number of hydrogen-bond acceptors (Lipinski definition) is 5. The molecule has 6 heteroatoms. The quantitative estimate of drug-likeness (QED) is 0.805. The number of aromatic nitrogens is 2. The van der Waals surface area contributed by atoms with Crippen molar-refractivity contribution in [3.8, 4) is 0 Å². The maximum atomic E-state index is 11.6. The predicted octanol–water partition coefficient (Wildman–Crippen LogP) is 0.718. The molecule has 1 amide bonds. The van der Waals surface area contributed by atoms with Gasteiger partial charge in [-0.3, -0.25) is 4.79 Å². The third kappa shape index (κ3) is 3.40. The molecule has 6 nitrogen and oxygen atoms in total. The molecule has 0 aliphatic carbocycles. The SMILES string of the molecule is CCC(C)(CN)Nc1ccc(C(=O)N(C)C)nn1. The van der Waals surface area contributed by atoms with Crippen LogP contribution in [0.4, 0.5) is 5.82 Å². The molecular weight excluding hydrogens is 230 g/mol. The lowest BCUT2D eigenvalue weighted by molar-refractivity contribution is 0.0821. The predicted molar refractivity (Wildman–Crippen MR) is 71.4 cm³/mol. The molecule has 1 aromatic heterocycles. The summed E-state index contributed by atoms with van der Waals surface area (Å²) in [7, 11) is 3.36. The first-order valence-electron chi connectivity index (χ1n) is 5.95. The number of hydrogen-bond donors (Lipinski definition) is 2. The Kier molecular flexibility index (Phi) is 4.61. The highest BCUT2D eigenvalue weighted by molar-refractivity contribution is 5.91. The van der Waals surface area contributed by atoms with E-state index in [1.165, 1.54) is 4.90 Å². The maximum Gasteiger partial charge on any atom is 0.273 e. The van der Waals surface area contributed by atoms with Crippen molar-refractivity contribution in [2.75, 3.05) is 26.0 Å². The lowest BCUT2D eigenvalue weighted by Crippen LogP contribution is -2.42. The molecule has 100 valence electrons. The van der Waals surface area contributed by atoms with Crippen molar-refractivity contribution < 1.29 is 4.79 Å². The first-order chi connectivity index (χ1) is 8.41. The van der Waals surface area contributed by atoms with Crippen LogP contribution < -0.4 is 11.1 Å². The number of anilines is 1. The average molecular weight is 251 g/mol. The van der Waals surface area contributed by atoms with Crippen LogP contribution in [0, 0.1) is 0 Å². The van der Waals surface area contributed by atoms with Crippen LogP contribution in [0.5, 0.6) is 0 Å². The Morgan fingerprint density at radius 3 is 2.50 bits per heavy atom. The Morgan fingerprint density at radius 2 is 2.11 bits per heavy atom. The number of nitrogens with zero attached hydrogens (tertiary/aromatic N) is 3. The van der Waals surface area contributed by atoms with E-state index in [0.29, 0.717) is 18.1 Å². The lowest BCUT2D eigenvalue weighted by Gasteiger charge is -2.28. The zero-order valence-electron chi connectivity index (χ0n) is 11.4. The fraction of sp³-hybridized carbons (Fsp3) is 0.583. The minimum Gasteiger partial charge on any atom is -0.362 e. The highest BCUT2D eigenvalue weighted by Crippen LogP contribution is 2.15. The summed E-state index contributed by atoms with van der Waals surface area (Å²) in [4.78, 5) is 13.1. The average Bonchev–Trinajstić information content (AvgIpc) is 2.38. The Balaban J connectivity index is 2.81. The molecule has 1 rings (SSSR count). The molecule has 1 aromatic rings. The van der Waals surface area contributed by atoms with E-state index in [-0.39, 0.29) is 11.4 Å². The first kappa shape index (κ1) is 14.4. The summed E-state index contributed by atoms with van der Waals surface area (Å²) in [5.41, 5.74) is 5.84. The molecule has 0 bridgehead atoms. The summed E-state index contributed by atoms with van der Waals surface area (Å²) >= 11 is 0. The van der Waals surface area contributed by atoms with Crippen molar-refractivity contribution in [1.29, 1.82) is 0 Å². The second-order valence-electron chi connectivity index (χ2n) is 4.75. The number of carbonyl (C=O) groups is 1. The van der Waals surface area contributed by atoms with E-state index >= 15 is 0 Å². The van der Waals surface area contributed by atoms with Gasteiger partial charge in [0, 0.05) is 26.2 Å². The maximum absolute atomic E-state index is 11.6. The molecule has 0 aliphatic rings. The number of nitrogens with two attached hydrogens (primary N) is 1. The van der Waals surface area contributed by atoms with Gasteiger partial charge in [0.2, 0.25) is 0 Å². The molecule has 0 saturated carbocycles. The Bertz CT molecular complexity index is 397. The third-order valence-electron chi connectivity index (χ3n) is 2.95. The smallest absolute Gasteiger partial charge is 0.273 e. The monoisotopic (exact) mass is 251 g/mol. The van der Waals surface area contributed by atoms with Gasteiger partial charge in [0.25, 0.3) is 5.91 Å². The number of amides is 1. The van der Waals surface area contributed by atoms with Crippen molar-refractivity contribution in [1.82, 2.24) is 15.1 Å². The molecule has 0 aromatic carbocycles. The van der Waals surface area contributed by atoms with Crippen LogP contribution in [-0.4, -0.2) is 47.2 Å². The van der Waals surface area contributed by atoms with Crippen LogP contribution in [0.25, 0.3) is 0 Å². The second kappa shape index (κ2) is 5.77. The van der Waals surface area contributed by atoms with Gasteiger partial charge in [0.1, 0.15) is 5.82 Å². The number of rotatable bonds is 5. The minimum atomic E-state index is -0.207. The van der Waals surface area contributed by atoms with E-state index in [1.807, 2.05) is 6.92 Å². The van der Waals surface area contributed by atoms with Crippen molar-refractivity contribution in [3.63, 3.8) is 0 Å². The molecule has 0 spiro atoms. The minimum absolute atomic E-state index is 0.161. The zero-order chi connectivity index (χ0) is 13.8. The van der Waals surface area contributed by atoms with E-state index in [9.17, 15) is 4.79 Å². The van der Waals surface area contributed by atoms with Gasteiger partial charge in [-0.1, -0.05) is 6.92 Å². The molecule has 3 N–H and O–H groups in total. The molecule has 0 fully saturated rings. The van der Waals surface area contributed by atoms with E-state index in [0.717, 1.165) is 6.42 Å². The Hall–Kier alpha value is -1.69. The fourth-order valence-corrected chi connectivity index (χ4v) is 1.34. The van der Waals surface area contributed by atoms with Crippen molar-refractivity contribution in [2.45, 2.75) is 25.8 Å². The van der Waals surface area contributed by atoms with Gasteiger partial charge in [-0.25, -0.2) is 0 Å². The molecular formula is C12H21N5O. The Labute approximate surface area is 108 Å². The van der Waals surface area contributed by atoms with E-state index < -0.39 is 0 Å². The normalized spacial score (nSPS) is 13.8. The van der Waals surface area contributed by atoms with Crippen LogP contribution in [0.15, 0.2) is 12.1 Å². The van der Waals surface area contributed by atoms with Gasteiger partial charge in [-0.15, -0.1) is 10.2 Å². The van der Waals surface area contributed by atoms with Crippen molar-refractivity contribution in [2.24, 2.45) is 5.73 Å². The standard InChI is InChI=1S/C12H21N5O/c1-5-12(2,8-13)14-10-7-6-9(15-16-10)11(18)17(3)4/h6-7H,5,8,13H2,1-4H3,(H,14,16).